The molecule has 0 unspecified atom stereocenters. The zero-order valence-electron chi connectivity index (χ0n) is 20.0. The molecule has 0 atom stereocenters. The molecule has 6 heteroatoms. The molecule has 0 heterocycles. The molecule has 0 fully saturated rings. The van der Waals surface area contributed by atoms with Crippen molar-refractivity contribution in [1.29, 1.82) is 0 Å². The molecule has 0 aromatic rings. The predicted molar refractivity (Wildman–Crippen MR) is 125 cm³/mol. The van der Waals surface area contributed by atoms with Crippen molar-refractivity contribution >= 4 is 18.0 Å². The van der Waals surface area contributed by atoms with E-state index in [9.17, 15) is 14.4 Å². The van der Waals surface area contributed by atoms with Crippen LogP contribution >= 0.6 is 0 Å². The van der Waals surface area contributed by atoms with Crippen molar-refractivity contribution in [2.24, 2.45) is 0 Å². The number of hydrogen-bond acceptors (Lipinski definition) is 5. The number of rotatable bonds is 25. The second-order valence-corrected chi connectivity index (χ2v) is 8.37. The zero-order chi connectivity index (χ0) is 22.8. The average molecular weight is 442 g/mol. The quantitative estimate of drug-likeness (QED) is 0.156. The summed E-state index contributed by atoms with van der Waals surface area (Å²) in [5.41, 5.74) is 0. The van der Waals surface area contributed by atoms with Gasteiger partial charge in [-0.3, -0.25) is 9.59 Å². The van der Waals surface area contributed by atoms with Crippen LogP contribution in [-0.4, -0.2) is 50.9 Å². The van der Waals surface area contributed by atoms with Gasteiger partial charge in [-0.1, -0.05) is 77.0 Å². The number of aldehydes is 1. The van der Waals surface area contributed by atoms with Gasteiger partial charge < -0.3 is 19.6 Å². The van der Waals surface area contributed by atoms with E-state index in [1.165, 1.54) is 77.6 Å². The van der Waals surface area contributed by atoms with E-state index in [4.69, 9.17) is 9.47 Å². The number of nitrogens with one attached hydrogen (secondary N) is 1. The molecule has 0 aromatic carbocycles. The lowest BCUT2D eigenvalue weighted by Gasteiger charge is -2.07. The van der Waals surface area contributed by atoms with Gasteiger partial charge in [-0.15, -0.1) is 0 Å². The summed E-state index contributed by atoms with van der Waals surface area (Å²) in [7, 11) is 0. The Morgan fingerprint density at radius 1 is 0.677 bits per heavy atom. The highest BCUT2D eigenvalue weighted by Crippen LogP contribution is 2.13. The van der Waals surface area contributed by atoms with E-state index < -0.39 is 0 Å². The summed E-state index contributed by atoms with van der Waals surface area (Å²) in [6.07, 6.45) is 19.8. The summed E-state index contributed by atoms with van der Waals surface area (Å²) in [4.78, 5) is 32.7. The van der Waals surface area contributed by atoms with Crippen molar-refractivity contribution in [1.82, 2.24) is 5.32 Å². The van der Waals surface area contributed by atoms with Crippen LogP contribution in [0.3, 0.4) is 0 Å². The maximum atomic E-state index is 11.8. The van der Waals surface area contributed by atoms with Crippen molar-refractivity contribution in [2.75, 3.05) is 33.0 Å². The van der Waals surface area contributed by atoms with Crippen LogP contribution in [0.25, 0.3) is 0 Å². The predicted octanol–water partition coefficient (Wildman–Crippen LogP) is 5.17. The molecule has 182 valence electrons. The molecule has 0 spiro atoms. The molecular formula is C25H47NO5. The number of hydrogen-bond donors (Lipinski definition) is 1. The minimum absolute atomic E-state index is 0.00807. The Morgan fingerprint density at radius 3 is 1.68 bits per heavy atom. The Balaban J connectivity index is 3.15. The molecule has 0 aromatic heterocycles. The van der Waals surface area contributed by atoms with E-state index in [-0.39, 0.29) is 18.3 Å². The number of unbranched alkanes of at least 4 members (excludes halogenated alkanes) is 14. The zero-order valence-corrected chi connectivity index (χ0v) is 20.0. The second-order valence-electron chi connectivity index (χ2n) is 8.37. The summed E-state index contributed by atoms with van der Waals surface area (Å²) in [5.74, 6) is 0.105. The Morgan fingerprint density at radius 2 is 1.16 bits per heavy atom. The fourth-order valence-electron chi connectivity index (χ4n) is 3.42. The minimum Gasteiger partial charge on any atom is -0.377 e. The van der Waals surface area contributed by atoms with Gasteiger partial charge in [0.25, 0.3) is 0 Å². The molecule has 0 aliphatic heterocycles. The van der Waals surface area contributed by atoms with Crippen LogP contribution in [0.1, 0.15) is 110 Å². The first-order valence-electron chi connectivity index (χ1n) is 12.5. The van der Waals surface area contributed by atoms with Gasteiger partial charge in [0.15, 0.2) is 5.78 Å². The van der Waals surface area contributed by atoms with Gasteiger partial charge in [-0.2, -0.15) is 0 Å². The van der Waals surface area contributed by atoms with E-state index in [0.29, 0.717) is 32.8 Å². The molecule has 0 bridgehead atoms. The van der Waals surface area contributed by atoms with E-state index in [2.05, 4.69) is 5.32 Å². The first-order chi connectivity index (χ1) is 15.2. The lowest BCUT2D eigenvalue weighted by molar-refractivity contribution is -0.123. The van der Waals surface area contributed by atoms with Crippen LogP contribution in [0.4, 0.5) is 0 Å². The van der Waals surface area contributed by atoms with Gasteiger partial charge in [-0.05, 0) is 19.8 Å². The van der Waals surface area contributed by atoms with Gasteiger partial charge in [0.2, 0.25) is 5.91 Å². The fraction of sp³-hybridized carbons (Fsp3) is 0.880. The molecule has 1 N–H and O–H groups in total. The second kappa shape index (κ2) is 25.0. The maximum absolute atomic E-state index is 11.8. The third-order valence-electron chi connectivity index (χ3n) is 5.22. The number of carbonyl (C=O) groups excluding carboxylic acids is 3. The molecule has 0 rings (SSSR count). The number of carbonyl (C=O) groups is 3. The Labute approximate surface area is 190 Å². The number of amides is 1. The Hall–Kier alpha value is -1.27. The van der Waals surface area contributed by atoms with Gasteiger partial charge in [0, 0.05) is 19.4 Å². The van der Waals surface area contributed by atoms with Crippen LogP contribution in [0.15, 0.2) is 0 Å². The normalized spacial score (nSPS) is 10.9. The van der Waals surface area contributed by atoms with Crippen LogP contribution in [0.2, 0.25) is 0 Å². The van der Waals surface area contributed by atoms with Gasteiger partial charge in [0.05, 0.1) is 19.8 Å². The smallest absolute Gasteiger partial charge is 0.220 e. The summed E-state index contributed by atoms with van der Waals surface area (Å²) < 4.78 is 10.4. The topological polar surface area (TPSA) is 81.7 Å². The van der Waals surface area contributed by atoms with Gasteiger partial charge in [-0.25, -0.2) is 0 Å². The molecule has 1 amide bonds. The summed E-state index contributed by atoms with van der Waals surface area (Å²) in [5, 5.41) is 2.87. The summed E-state index contributed by atoms with van der Waals surface area (Å²) >= 11 is 0. The Kier molecular flexibility index (Phi) is 24.0. The number of ketones is 1. The van der Waals surface area contributed by atoms with Crippen molar-refractivity contribution in [2.45, 2.75) is 110 Å². The van der Waals surface area contributed by atoms with Crippen molar-refractivity contribution in [3.8, 4) is 0 Å². The fourth-order valence-corrected chi connectivity index (χ4v) is 3.42. The van der Waals surface area contributed by atoms with Crippen LogP contribution in [0.5, 0.6) is 0 Å². The summed E-state index contributed by atoms with van der Waals surface area (Å²) in [6, 6.07) is 0. The third kappa shape index (κ3) is 26.7. The Bertz CT molecular complexity index is 428. The van der Waals surface area contributed by atoms with Gasteiger partial charge >= 0.3 is 0 Å². The lowest BCUT2D eigenvalue weighted by Crippen LogP contribution is -2.27. The molecular weight excluding hydrogens is 394 g/mol. The maximum Gasteiger partial charge on any atom is 0.220 e. The molecule has 31 heavy (non-hydrogen) atoms. The largest absolute Gasteiger partial charge is 0.377 e. The van der Waals surface area contributed by atoms with Crippen LogP contribution in [0, 0.1) is 0 Å². The highest BCUT2D eigenvalue weighted by molar-refractivity contribution is 5.76. The lowest BCUT2D eigenvalue weighted by atomic mass is 10.0. The number of ether oxygens (including phenoxy) is 2. The van der Waals surface area contributed by atoms with Crippen LogP contribution in [-0.2, 0) is 23.9 Å². The average Bonchev–Trinajstić information content (AvgIpc) is 2.75. The monoisotopic (exact) mass is 441 g/mol. The third-order valence-corrected chi connectivity index (χ3v) is 5.22. The van der Waals surface area contributed by atoms with Crippen molar-refractivity contribution < 1.29 is 23.9 Å². The first-order valence-corrected chi connectivity index (χ1v) is 12.5. The van der Waals surface area contributed by atoms with Crippen molar-refractivity contribution in [3.05, 3.63) is 0 Å². The van der Waals surface area contributed by atoms with Gasteiger partial charge in [0.1, 0.15) is 12.9 Å². The highest BCUT2D eigenvalue weighted by Gasteiger charge is 2.01. The van der Waals surface area contributed by atoms with Crippen LogP contribution < -0.4 is 5.32 Å². The first kappa shape index (κ1) is 29.7. The molecule has 0 saturated carbocycles. The van der Waals surface area contributed by atoms with Crippen molar-refractivity contribution in [3.63, 3.8) is 0 Å². The van der Waals surface area contributed by atoms with E-state index in [1.54, 1.807) is 0 Å². The van der Waals surface area contributed by atoms with E-state index in [0.717, 1.165) is 32.0 Å². The molecule has 6 nitrogen and oxygen atoms in total. The van der Waals surface area contributed by atoms with E-state index >= 15 is 0 Å². The molecule has 0 aliphatic rings. The molecule has 0 radical (unpaired) electrons. The molecule has 0 saturated heterocycles. The highest BCUT2D eigenvalue weighted by atomic mass is 16.5. The summed E-state index contributed by atoms with van der Waals surface area (Å²) in [6.45, 7) is 3.45. The SMILES string of the molecule is CC(=O)COCCOCCNC(=O)CCCCCCCCCCCCCCCCC=O. The van der Waals surface area contributed by atoms with E-state index in [1.807, 2.05) is 0 Å². The standard InChI is InChI=1S/C25H47NO5/c1-24(28)23-31-22-21-30-20-18-26-25(29)17-15-13-11-9-7-5-3-2-4-6-8-10-12-14-16-19-27/h19H,2-18,20-23H2,1H3,(H,26,29). The minimum atomic E-state index is 0.00807. The molecule has 0 aliphatic carbocycles. The number of Topliss-reactive ketones (excluding diaryl/α,β-unsaturated/α-hetero) is 1.